The molecular weight excluding hydrogens is 380 g/mol. The molecule has 1 N–H and O–H groups in total. The van der Waals surface area contributed by atoms with Crippen LogP contribution in [0.25, 0.3) is 17.1 Å². The van der Waals surface area contributed by atoms with E-state index in [1.54, 1.807) is 0 Å². The van der Waals surface area contributed by atoms with Gasteiger partial charge < -0.3 is 5.32 Å². The summed E-state index contributed by atoms with van der Waals surface area (Å²) in [6.07, 6.45) is 5.17. The van der Waals surface area contributed by atoms with Crippen molar-refractivity contribution in [2.24, 2.45) is 0 Å². The first-order chi connectivity index (χ1) is 13.1. The molecule has 1 aromatic heterocycles. The molecule has 5 nitrogen and oxygen atoms in total. The van der Waals surface area contributed by atoms with Crippen LogP contribution in [0.15, 0.2) is 53.7 Å². The van der Waals surface area contributed by atoms with Gasteiger partial charge in [0, 0.05) is 16.3 Å². The van der Waals surface area contributed by atoms with Crippen LogP contribution in [-0.4, -0.2) is 33.0 Å². The summed E-state index contributed by atoms with van der Waals surface area (Å²) in [7, 11) is 0. The average molecular weight is 397 g/mol. The van der Waals surface area contributed by atoms with E-state index in [1.807, 2.05) is 60.0 Å². The molecule has 0 bridgehead atoms. The Balaban J connectivity index is 1.96. The topological polar surface area (TPSA) is 59.8 Å². The molecular formula is C20H17ClN4OS. The Kier molecular flexibility index (Phi) is 6.17. The van der Waals surface area contributed by atoms with Gasteiger partial charge in [0.1, 0.15) is 0 Å². The highest BCUT2D eigenvalue weighted by Gasteiger charge is 2.17. The van der Waals surface area contributed by atoms with Gasteiger partial charge in [-0.25, -0.2) is 0 Å². The molecule has 0 aliphatic heterocycles. The summed E-state index contributed by atoms with van der Waals surface area (Å²) in [6, 6.07) is 15.5. The lowest BCUT2D eigenvalue weighted by atomic mass is 10.1. The van der Waals surface area contributed by atoms with Crippen LogP contribution >= 0.6 is 23.4 Å². The normalized spacial score (nSPS) is 10.4. The largest absolute Gasteiger partial charge is 0.344 e. The second-order valence-corrected chi connectivity index (χ2v) is 7.13. The minimum absolute atomic E-state index is 0.152. The number of hydrogen-bond donors (Lipinski definition) is 1. The predicted molar refractivity (Wildman–Crippen MR) is 109 cm³/mol. The highest BCUT2D eigenvalue weighted by atomic mass is 35.5. The fraction of sp³-hybridized carbons (Fsp3) is 0.150. The number of nitrogens with zero attached hydrogens (tertiary/aromatic N) is 3. The predicted octanol–water partition coefficient (Wildman–Crippen LogP) is 3.74. The zero-order valence-corrected chi connectivity index (χ0v) is 16.2. The maximum Gasteiger partial charge on any atom is 0.231 e. The number of terminal acetylenes is 1. The van der Waals surface area contributed by atoms with Crippen LogP contribution in [0.2, 0.25) is 5.02 Å². The molecule has 0 radical (unpaired) electrons. The second-order valence-electron chi connectivity index (χ2n) is 5.75. The Hall–Kier alpha value is -2.75. The number of aromatic nitrogens is 3. The maximum atomic E-state index is 11.9. The number of hydrogen-bond acceptors (Lipinski definition) is 4. The summed E-state index contributed by atoms with van der Waals surface area (Å²) in [5.74, 6) is 3.12. The number of rotatable bonds is 6. The number of aryl methyl sites for hydroxylation is 1. The quantitative estimate of drug-likeness (QED) is 0.509. The summed E-state index contributed by atoms with van der Waals surface area (Å²) in [4.78, 5) is 11.9. The molecule has 0 unspecified atom stereocenters. The fourth-order valence-corrected chi connectivity index (χ4v) is 3.31. The van der Waals surface area contributed by atoms with Gasteiger partial charge in [0.2, 0.25) is 5.91 Å². The van der Waals surface area contributed by atoms with Crippen molar-refractivity contribution in [3.63, 3.8) is 0 Å². The van der Waals surface area contributed by atoms with Crippen molar-refractivity contribution in [1.29, 1.82) is 0 Å². The molecule has 2 aromatic carbocycles. The third-order valence-electron chi connectivity index (χ3n) is 3.75. The monoisotopic (exact) mass is 396 g/mol. The minimum Gasteiger partial charge on any atom is -0.344 e. The van der Waals surface area contributed by atoms with Crippen LogP contribution in [0.5, 0.6) is 0 Å². The number of benzene rings is 2. The van der Waals surface area contributed by atoms with E-state index in [1.165, 1.54) is 11.8 Å². The molecule has 0 atom stereocenters. The molecule has 7 heteroatoms. The van der Waals surface area contributed by atoms with E-state index in [0.29, 0.717) is 16.0 Å². The first-order valence-corrected chi connectivity index (χ1v) is 9.56. The molecule has 0 aliphatic carbocycles. The van der Waals surface area contributed by atoms with Crippen LogP contribution < -0.4 is 5.32 Å². The molecule has 3 rings (SSSR count). The lowest BCUT2D eigenvalue weighted by molar-refractivity contribution is -0.118. The second kappa shape index (κ2) is 8.76. The van der Waals surface area contributed by atoms with Gasteiger partial charge in [0.05, 0.1) is 12.3 Å². The first kappa shape index (κ1) is 19.0. The van der Waals surface area contributed by atoms with Gasteiger partial charge >= 0.3 is 0 Å². The van der Waals surface area contributed by atoms with Gasteiger partial charge in [0.25, 0.3) is 0 Å². The fourth-order valence-electron chi connectivity index (χ4n) is 2.41. The molecule has 0 saturated heterocycles. The molecule has 0 aliphatic rings. The summed E-state index contributed by atoms with van der Waals surface area (Å²) in [5, 5.41) is 12.5. The number of amides is 1. The number of carbonyl (C=O) groups is 1. The van der Waals surface area contributed by atoms with E-state index < -0.39 is 0 Å². The van der Waals surface area contributed by atoms with E-state index in [0.717, 1.165) is 16.8 Å². The smallest absolute Gasteiger partial charge is 0.231 e. The summed E-state index contributed by atoms with van der Waals surface area (Å²) < 4.78 is 1.92. The zero-order valence-electron chi connectivity index (χ0n) is 14.6. The standard InChI is InChI=1S/C20H17ClN4OS/c1-3-12-22-18(26)13-27-20-24-23-19(15-6-4-14(2)5-7-15)25(20)17-10-8-16(21)9-11-17/h1,4-11H,12-13H2,2H3,(H,22,26). The molecule has 27 heavy (non-hydrogen) atoms. The average Bonchev–Trinajstić information content (AvgIpc) is 3.10. The van der Waals surface area contributed by atoms with Gasteiger partial charge in [-0.15, -0.1) is 16.6 Å². The lowest BCUT2D eigenvalue weighted by Crippen LogP contribution is -2.25. The number of nitrogens with one attached hydrogen (secondary N) is 1. The van der Waals surface area contributed by atoms with E-state index >= 15 is 0 Å². The van der Waals surface area contributed by atoms with Gasteiger partial charge in [-0.1, -0.05) is 59.1 Å². The third-order valence-corrected chi connectivity index (χ3v) is 4.93. The van der Waals surface area contributed by atoms with Crippen molar-refractivity contribution >= 4 is 29.3 Å². The molecule has 0 saturated carbocycles. The highest BCUT2D eigenvalue weighted by molar-refractivity contribution is 7.99. The third kappa shape index (κ3) is 4.70. The number of thioether (sulfide) groups is 1. The lowest BCUT2D eigenvalue weighted by Gasteiger charge is -2.10. The first-order valence-electron chi connectivity index (χ1n) is 8.20. The molecule has 1 amide bonds. The molecule has 3 aromatic rings. The van der Waals surface area contributed by atoms with E-state index in [-0.39, 0.29) is 18.2 Å². The molecule has 136 valence electrons. The minimum atomic E-state index is -0.152. The summed E-state index contributed by atoms with van der Waals surface area (Å²) in [5.41, 5.74) is 2.97. The van der Waals surface area contributed by atoms with Crippen molar-refractivity contribution in [3.05, 3.63) is 59.1 Å². The Labute approximate surface area is 167 Å². The van der Waals surface area contributed by atoms with Gasteiger partial charge in [-0.3, -0.25) is 9.36 Å². The van der Waals surface area contributed by atoms with Gasteiger partial charge in [-0.2, -0.15) is 0 Å². The molecule has 1 heterocycles. The highest BCUT2D eigenvalue weighted by Crippen LogP contribution is 2.28. The molecule has 0 spiro atoms. The Morgan fingerprint density at radius 3 is 2.56 bits per heavy atom. The summed E-state index contributed by atoms with van der Waals surface area (Å²) >= 11 is 7.32. The van der Waals surface area contributed by atoms with Crippen molar-refractivity contribution in [2.45, 2.75) is 12.1 Å². The van der Waals surface area contributed by atoms with Crippen LogP contribution in [0.4, 0.5) is 0 Å². The zero-order chi connectivity index (χ0) is 19.2. The Morgan fingerprint density at radius 1 is 1.19 bits per heavy atom. The van der Waals surface area contributed by atoms with Crippen LogP contribution in [0.3, 0.4) is 0 Å². The van der Waals surface area contributed by atoms with Crippen LogP contribution in [-0.2, 0) is 4.79 Å². The van der Waals surface area contributed by atoms with Crippen molar-refractivity contribution < 1.29 is 4.79 Å². The van der Waals surface area contributed by atoms with Crippen molar-refractivity contribution in [2.75, 3.05) is 12.3 Å². The molecule has 0 fully saturated rings. The Morgan fingerprint density at radius 2 is 1.89 bits per heavy atom. The number of carbonyl (C=O) groups excluding carboxylic acids is 1. The van der Waals surface area contributed by atoms with Crippen LogP contribution in [0.1, 0.15) is 5.56 Å². The van der Waals surface area contributed by atoms with E-state index in [2.05, 4.69) is 21.4 Å². The number of halogens is 1. The van der Waals surface area contributed by atoms with Crippen molar-refractivity contribution in [1.82, 2.24) is 20.1 Å². The van der Waals surface area contributed by atoms with E-state index in [9.17, 15) is 4.79 Å². The van der Waals surface area contributed by atoms with E-state index in [4.69, 9.17) is 18.0 Å². The maximum absolute atomic E-state index is 11.9. The Bertz CT molecular complexity index is 975. The summed E-state index contributed by atoms with van der Waals surface area (Å²) in [6.45, 7) is 2.24. The van der Waals surface area contributed by atoms with Crippen molar-refractivity contribution in [3.8, 4) is 29.4 Å². The van der Waals surface area contributed by atoms with Gasteiger partial charge in [-0.05, 0) is 31.2 Å². The SMILES string of the molecule is C#CCNC(=O)CSc1nnc(-c2ccc(C)cc2)n1-c1ccc(Cl)cc1. The van der Waals surface area contributed by atoms with Gasteiger partial charge in [0.15, 0.2) is 11.0 Å². The van der Waals surface area contributed by atoms with Crippen LogP contribution in [0, 0.1) is 19.3 Å².